The zero-order chi connectivity index (χ0) is 14.7. The van der Waals surface area contributed by atoms with E-state index < -0.39 is 0 Å². The molecule has 8 heteroatoms. The number of para-hydroxylation sites is 1. The second-order valence-corrected chi connectivity index (χ2v) is 4.49. The average Bonchev–Trinajstić information content (AvgIpc) is 2.90. The lowest BCUT2D eigenvalue weighted by molar-refractivity contribution is 0.169. The van der Waals surface area contributed by atoms with Crippen molar-refractivity contribution in [2.75, 3.05) is 18.5 Å². The van der Waals surface area contributed by atoms with Gasteiger partial charge in [-0.2, -0.15) is 0 Å². The molecule has 0 saturated carbocycles. The van der Waals surface area contributed by atoms with Crippen LogP contribution in [0, 0.1) is 0 Å². The lowest BCUT2D eigenvalue weighted by atomic mass is 10.1. The fraction of sp³-hybridized carbons (Fsp3) is 0.308. The molecule has 0 unspecified atom stereocenters. The number of hydrogen-bond donors (Lipinski definition) is 2. The molecule has 1 aromatic heterocycles. The molecule has 2 N–H and O–H groups in total. The maximum Gasteiger partial charge on any atom is 0.320 e. The second-order valence-electron chi connectivity index (χ2n) is 4.49. The summed E-state index contributed by atoms with van der Waals surface area (Å²) >= 11 is 0. The van der Waals surface area contributed by atoms with Crippen molar-refractivity contribution in [3.05, 3.63) is 30.0 Å². The van der Waals surface area contributed by atoms with E-state index in [4.69, 9.17) is 9.47 Å². The topological polar surface area (TPSA) is 90.3 Å². The minimum absolute atomic E-state index is 0.337. The van der Waals surface area contributed by atoms with Gasteiger partial charge in [0.25, 0.3) is 0 Å². The Morgan fingerprint density at radius 3 is 3.05 bits per heavy atom. The summed E-state index contributed by atoms with van der Waals surface area (Å²) in [6, 6.07) is 5.27. The van der Waals surface area contributed by atoms with Crippen LogP contribution in [0.1, 0.15) is 5.56 Å². The summed E-state index contributed by atoms with van der Waals surface area (Å²) < 4.78 is 12.6. The maximum absolute atomic E-state index is 11.8. The molecule has 2 amide bonds. The van der Waals surface area contributed by atoms with E-state index in [0.717, 1.165) is 5.56 Å². The molecule has 0 spiro atoms. The number of nitrogens with zero attached hydrogens (tertiary/aromatic N) is 3. The second kappa shape index (κ2) is 5.70. The van der Waals surface area contributed by atoms with Crippen LogP contribution < -0.4 is 20.1 Å². The highest BCUT2D eigenvalue weighted by Crippen LogP contribution is 2.33. The van der Waals surface area contributed by atoms with Crippen molar-refractivity contribution in [3.63, 3.8) is 0 Å². The highest BCUT2D eigenvalue weighted by Gasteiger charge is 2.16. The van der Waals surface area contributed by atoms with Gasteiger partial charge in [0, 0.05) is 19.2 Å². The van der Waals surface area contributed by atoms with Gasteiger partial charge in [0.05, 0.1) is 6.20 Å². The summed E-state index contributed by atoms with van der Waals surface area (Å²) in [6.45, 7) is 1.39. The summed E-state index contributed by atoms with van der Waals surface area (Å²) in [4.78, 5) is 11.8. The average molecular weight is 289 g/mol. The van der Waals surface area contributed by atoms with Crippen molar-refractivity contribution in [2.24, 2.45) is 7.05 Å². The van der Waals surface area contributed by atoms with Crippen LogP contribution in [-0.4, -0.2) is 34.2 Å². The highest BCUT2D eigenvalue weighted by molar-refractivity contribution is 5.88. The predicted octanol–water partition coefficient (Wildman–Crippen LogP) is 0.908. The Bertz CT molecular complexity index is 655. The van der Waals surface area contributed by atoms with E-state index in [1.807, 2.05) is 18.2 Å². The van der Waals surface area contributed by atoms with Crippen LogP contribution in [0.15, 0.2) is 24.4 Å². The molecular weight excluding hydrogens is 274 g/mol. The molecule has 110 valence electrons. The number of anilines is 1. The summed E-state index contributed by atoms with van der Waals surface area (Å²) in [5.74, 6) is 1.91. The van der Waals surface area contributed by atoms with Gasteiger partial charge >= 0.3 is 6.03 Å². The molecule has 0 aliphatic carbocycles. The van der Waals surface area contributed by atoms with Gasteiger partial charge in [0.15, 0.2) is 17.3 Å². The molecule has 21 heavy (non-hydrogen) atoms. The quantitative estimate of drug-likeness (QED) is 0.876. The first-order valence-electron chi connectivity index (χ1n) is 6.51. The van der Waals surface area contributed by atoms with Crippen molar-refractivity contribution in [1.29, 1.82) is 0 Å². The van der Waals surface area contributed by atoms with Crippen molar-refractivity contribution < 1.29 is 14.3 Å². The molecule has 3 rings (SSSR count). The number of aryl methyl sites for hydroxylation is 1. The Labute approximate surface area is 121 Å². The maximum atomic E-state index is 11.8. The van der Waals surface area contributed by atoms with Gasteiger partial charge in [-0.05, 0) is 6.07 Å². The number of carbonyl (C=O) groups is 1. The first-order chi connectivity index (χ1) is 10.2. The number of rotatable bonds is 3. The van der Waals surface area contributed by atoms with Crippen LogP contribution in [0.4, 0.5) is 10.6 Å². The molecule has 8 nitrogen and oxygen atoms in total. The SMILES string of the molecule is Cn1nncc1NC(=O)NCc1cccc2c1OCCO2. The van der Waals surface area contributed by atoms with E-state index in [-0.39, 0.29) is 6.03 Å². The van der Waals surface area contributed by atoms with Gasteiger partial charge in [0.1, 0.15) is 13.2 Å². The van der Waals surface area contributed by atoms with E-state index in [0.29, 0.717) is 37.1 Å². The van der Waals surface area contributed by atoms with Crippen LogP contribution >= 0.6 is 0 Å². The lowest BCUT2D eigenvalue weighted by Crippen LogP contribution is -2.29. The van der Waals surface area contributed by atoms with Crippen molar-refractivity contribution >= 4 is 11.8 Å². The van der Waals surface area contributed by atoms with E-state index in [9.17, 15) is 4.79 Å². The molecule has 1 aliphatic heterocycles. The summed E-state index contributed by atoms with van der Waals surface area (Å²) in [5, 5.41) is 12.8. The molecule has 1 aromatic carbocycles. The minimum Gasteiger partial charge on any atom is -0.486 e. The van der Waals surface area contributed by atoms with Gasteiger partial charge < -0.3 is 14.8 Å². The van der Waals surface area contributed by atoms with Gasteiger partial charge in [-0.15, -0.1) is 5.10 Å². The van der Waals surface area contributed by atoms with Gasteiger partial charge in [-0.25, -0.2) is 9.48 Å². The Morgan fingerprint density at radius 2 is 2.24 bits per heavy atom. The van der Waals surface area contributed by atoms with E-state index in [2.05, 4.69) is 20.9 Å². The highest BCUT2D eigenvalue weighted by atomic mass is 16.6. The third-order valence-corrected chi connectivity index (χ3v) is 3.04. The third-order valence-electron chi connectivity index (χ3n) is 3.04. The zero-order valence-corrected chi connectivity index (χ0v) is 11.5. The molecule has 0 atom stereocenters. The Kier molecular flexibility index (Phi) is 3.59. The van der Waals surface area contributed by atoms with E-state index in [1.165, 1.54) is 10.9 Å². The number of amides is 2. The fourth-order valence-electron chi connectivity index (χ4n) is 2.01. The number of aromatic nitrogens is 3. The van der Waals surface area contributed by atoms with Crippen LogP contribution in [0.5, 0.6) is 11.5 Å². The molecular formula is C13H15N5O3. The van der Waals surface area contributed by atoms with Crippen LogP contribution in [-0.2, 0) is 13.6 Å². The summed E-state index contributed by atoms with van der Waals surface area (Å²) in [5.41, 5.74) is 0.866. The molecule has 0 radical (unpaired) electrons. The van der Waals surface area contributed by atoms with E-state index in [1.54, 1.807) is 7.05 Å². The summed E-state index contributed by atoms with van der Waals surface area (Å²) in [6.07, 6.45) is 1.47. The molecule has 1 aliphatic rings. The molecule has 0 saturated heterocycles. The zero-order valence-electron chi connectivity index (χ0n) is 11.5. The molecule has 0 bridgehead atoms. The lowest BCUT2D eigenvalue weighted by Gasteiger charge is -2.21. The number of urea groups is 1. The van der Waals surface area contributed by atoms with E-state index >= 15 is 0 Å². The first kappa shape index (κ1) is 13.2. The van der Waals surface area contributed by atoms with Gasteiger partial charge in [-0.3, -0.25) is 5.32 Å². The predicted molar refractivity (Wildman–Crippen MR) is 74.3 cm³/mol. The Hall–Kier alpha value is -2.77. The number of hydrogen-bond acceptors (Lipinski definition) is 5. The number of fused-ring (bicyclic) bond motifs is 1. The number of carbonyl (C=O) groups excluding carboxylic acids is 1. The van der Waals surface area contributed by atoms with Crippen molar-refractivity contribution in [1.82, 2.24) is 20.3 Å². The Balaban J connectivity index is 1.63. The molecule has 0 fully saturated rings. The van der Waals surface area contributed by atoms with Gasteiger partial charge in [0.2, 0.25) is 0 Å². The smallest absolute Gasteiger partial charge is 0.320 e. The Morgan fingerprint density at radius 1 is 1.38 bits per heavy atom. The fourth-order valence-corrected chi connectivity index (χ4v) is 2.01. The third kappa shape index (κ3) is 2.88. The molecule has 2 aromatic rings. The van der Waals surface area contributed by atoms with Crippen LogP contribution in [0.3, 0.4) is 0 Å². The van der Waals surface area contributed by atoms with Crippen molar-refractivity contribution in [2.45, 2.75) is 6.54 Å². The number of nitrogens with one attached hydrogen (secondary N) is 2. The van der Waals surface area contributed by atoms with Crippen molar-refractivity contribution in [3.8, 4) is 11.5 Å². The van der Waals surface area contributed by atoms with Crippen LogP contribution in [0.2, 0.25) is 0 Å². The largest absolute Gasteiger partial charge is 0.486 e. The minimum atomic E-state index is -0.338. The van der Waals surface area contributed by atoms with Crippen LogP contribution in [0.25, 0.3) is 0 Å². The normalized spacial score (nSPS) is 12.8. The monoisotopic (exact) mass is 289 g/mol. The first-order valence-corrected chi connectivity index (χ1v) is 6.51. The molecule has 2 heterocycles. The number of ether oxygens (including phenoxy) is 2. The standard InChI is InChI=1S/C13H15N5O3/c1-18-11(8-15-17-18)16-13(19)14-7-9-3-2-4-10-12(9)21-6-5-20-10/h2-4,8H,5-7H2,1H3,(H2,14,16,19). The number of benzene rings is 1. The van der Waals surface area contributed by atoms with Gasteiger partial charge in [-0.1, -0.05) is 17.3 Å². The summed E-state index contributed by atoms with van der Waals surface area (Å²) in [7, 11) is 1.70.